The Balaban J connectivity index is 1.36. The van der Waals surface area contributed by atoms with E-state index in [1.807, 2.05) is 19.9 Å². The van der Waals surface area contributed by atoms with E-state index in [2.05, 4.69) is 9.97 Å². The number of hydrogen-bond donors (Lipinski definition) is 1. The topological polar surface area (TPSA) is 110 Å². The Bertz CT molecular complexity index is 2040. The number of carbonyl (C=O) groups is 1. The standard InChI is InChI=1S/C34H26F4N4O4/c1-34(2)17-45-16-27(34)42-26-11-20(33(43)44)10-24(36)32(26)41-28(42)13-21-23(35)12-22(31(38)30(21)37)25-4-3-5-29(40-25)46-15-19-8-6-18(14-39)7-9-19/h3-12,27H,13,15-17H2,1-2H3,(H,43,44)/t27-/m1/s1. The summed E-state index contributed by atoms with van der Waals surface area (Å²) in [5.41, 5.74) is -0.809. The van der Waals surface area contributed by atoms with Crippen molar-refractivity contribution in [3.05, 3.63) is 112 Å². The van der Waals surface area contributed by atoms with Gasteiger partial charge in [-0.05, 0) is 42.0 Å². The number of carboxylic acid groups (broad SMARTS) is 1. The van der Waals surface area contributed by atoms with Gasteiger partial charge in [0.1, 0.15) is 23.8 Å². The molecule has 1 atom stereocenters. The van der Waals surface area contributed by atoms with Crippen molar-refractivity contribution in [2.75, 3.05) is 13.2 Å². The molecule has 1 saturated heterocycles. The molecule has 1 aliphatic heterocycles. The van der Waals surface area contributed by atoms with Gasteiger partial charge in [0.25, 0.3) is 0 Å². The zero-order chi connectivity index (χ0) is 32.7. The summed E-state index contributed by atoms with van der Waals surface area (Å²) in [4.78, 5) is 20.2. The summed E-state index contributed by atoms with van der Waals surface area (Å²) in [6.07, 6.45) is -0.556. The number of ether oxygens (including phenoxy) is 2. The summed E-state index contributed by atoms with van der Waals surface area (Å²) in [6.45, 7) is 4.36. The van der Waals surface area contributed by atoms with Crippen LogP contribution in [0.15, 0.2) is 60.7 Å². The van der Waals surface area contributed by atoms with Crippen molar-refractivity contribution in [3.8, 4) is 23.2 Å². The molecule has 0 bridgehead atoms. The number of aromatic nitrogens is 3. The summed E-state index contributed by atoms with van der Waals surface area (Å²) < 4.78 is 74.9. The number of hydrogen-bond acceptors (Lipinski definition) is 6. The van der Waals surface area contributed by atoms with Crippen molar-refractivity contribution in [2.24, 2.45) is 5.41 Å². The van der Waals surface area contributed by atoms with Crippen molar-refractivity contribution in [1.82, 2.24) is 14.5 Å². The number of pyridine rings is 1. The van der Waals surface area contributed by atoms with Gasteiger partial charge in [0.15, 0.2) is 17.5 Å². The molecule has 8 nitrogen and oxygen atoms in total. The van der Waals surface area contributed by atoms with Gasteiger partial charge in [-0.1, -0.05) is 32.0 Å². The molecular formula is C34H26F4N4O4. The molecule has 0 amide bonds. The van der Waals surface area contributed by atoms with E-state index < -0.39 is 58.2 Å². The highest BCUT2D eigenvalue weighted by molar-refractivity contribution is 5.93. The van der Waals surface area contributed by atoms with Gasteiger partial charge in [-0.15, -0.1) is 0 Å². The number of benzene rings is 3. The lowest BCUT2D eigenvalue weighted by Gasteiger charge is -2.28. The number of fused-ring (bicyclic) bond motifs is 1. The monoisotopic (exact) mass is 630 g/mol. The van der Waals surface area contributed by atoms with Crippen LogP contribution in [0.3, 0.4) is 0 Å². The first-order valence-electron chi connectivity index (χ1n) is 14.2. The van der Waals surface area contributed by atoms with Crippen LogP contribution < -0.4 is 4.74 Å². The number of imidazole rings is 1. The number of nitrogens with zero attached hydrogens (tertiary/aromatic N) is 4. The van der Waals surface area contributed by atoms with Gasteiger partial charge >= 0.3 is 5.97 Å². The Morgan fingerprint density at radius 3 is 2.50 bits per heavy atom. The molecule has 6 rings (SSSR count). The molecule has 2 aromatic heterocycles. The van der Waals surface area contributed by atoms with Crippen molar-refractivity contribution >= 4 is 17.0 Å². The molecular weight excluding hydrogens is 604 g/mol. The van der Waals surface area contributed by atoms with Crippen LogP contribution >= 0.6 is 0 Å². The summed E-state index contributed by atoms with van der Waals surface area (Å²) in [6, 6.07) is 15.5. The fraction of sp³-hybridized carbons (Fsp3) is 0.235. The van der Waals surface area contributed by atoms with Gasteiger partial charge in [-0.25, -0.2) is 32.3 Å². The van der Waals surface area contributed by atoms with E-state index in [0.29, 0.717) is 12.2 Å². The molecule has 0 saturated carbocycles. The van der Waals surface area contributed by atoms with Crippen molar-refractivity contribution in [2.45, 2.75) is 32.9 Å². The van der Waals surface area contributed by atoms with E-state index in [1.165, 1.54) is 24.3 Å². The normalized spacial score (nSPS) is 15.6. The molecule has 0 spiro atoms. The third kappa shape index (κ3) is 5.65. The predicted octanol–water partition coefficient (Wildman–Crippen LogP) is 6.99. The van der Waals surface area contributed by atoms with Gasteiger partial charge in [0, 0.05) is 29.0 Å². The fourth-order valence-corrected chi connectivity index (χ4v) is 5.59. The molecule has 0 unspecified atom stereocenters. The second-order valence-electron chi connectivity index (χ2n) is 11.7. The van der Waals surface area contributed by atoms with Crippen LogP contribution in [0.1, 0.15) is 52.8 Å². The van der Waals surface area contributed by atoms with Gasteiger partial charge in [-0.2, -0.15) is 5.26 Å². The quantitative estimate of drug-likeness (QED) is 0.145. The highest BCUT2D eigenvalue weighted by Crippen LogP contribution is 2.41. The smallest absolute Gasteiger partial charge is 0.335 e. The average Bonchev–Trinajstić information content (AvgIpc) is 3.58. The van der Waals surface area contributed by atoms with E-state index in [9.17, 15) is 9.90 Å². The van der Waals surface area contributed by atoms with E-state index in [1.54, 1.807) is 28.8 Å². The predicted molar refractivity (Wildman–Crippen MR) is 158 cm³/mol. The lowest BCUT2D eigenvalue weighted by atomic mass is 9.87. The Morgan fingerprint density at radius 2 is 1.83 bits per heavy atom. The van der Waals surface area contributed by atoms with Crippen LogP contribution in [0.4, 0.5) is 17.6 Å². The zero-order valence-corrected chi connectivity index (χ0v) is 24.7. The first-order chi connectivity index (χ1) is 22.0. The summed E-state index contributed by atoms with van der Waals surface area (Å²) in [7, 11) is 0. The number of nitriles is 1. The van der Waals surface area contributed by atoms with E-state index in [4.69, 9.17) is 14.7 Å². The lowest BCUT2D eigenvalue weighted by Crippen LogP contribution is -2.27. The van der Waals surface area contributed by atoms with E-state index in [0.717, 1.165) is 17.7 Å². The van der Waals surface area contributed by atoms with Crippen LogP contribution in [0.25, 0.3) is 22.3 Å². The average molecular weight is 631 g/mol. The van der Waals surface area contributed by atoms with Gasteiger partial charge in [0.05, 0.1) is 47.7 Å². The van der Waals surface area contributed by atoms with Gasteiger partial charge < -0.3 is 19.1 Å². The molecule has 1 aliphatic rings. The summed E-state index contributed by atoms with van der Waals surface area (Å²) in [5, 5.41) is 18.5. The minimum absolute atomic E-state index is 0.0151. The maximum Gasteiger partial charge on any atom is 0.335 e. The SMILES string of the molecule is CC1(C)COC[C@H]1n1c(Cc2c(F)cc(-c3cccc(OCc4ccc(C#N)cc4)n3)c(F)c2F)nc2c(F)cc(C(=O)O)cc21. The molecule has 46 heavy (non-hydrogen) atoms. The van der Waals surface area contributed by atoms with Crippen LogP contribution in [0.2, 0.25) is 0 Å². The zero-order valence-electron chi connectivity index (χ0n) is 24.7. The van der Waals surface area contributed by atoms with Crippen LogP contribution in [0, 0.1) is 40.0 Å². The Kier molecular flexibility index (Phi) is 7.96. The number of halogens is 4. The van der Waals surface area contributed by atoms with Crippen LogP contribution in [-0.2, 0) is 17.8 Å². The van der Waals surface area contributed by atoms with E-state index in [-0.39, 0.29) is 47.2 Å². The van der Waals surface area contributed by atoms with Crippen molar-refractivity contribution < 1.29 is 36.9 Å². The molecule has 3 aromatic carbocycles. The minimum atomic E-state index is -1.46. The molecule has 12 heteroatoms. The maximum atomic E-state index is 15.7. The van der Waals surface area contributed by atoms with Crippen molar-refractivity contribution in [1.29, 1.82) is 5.26 Å². The fourth-order valence-electron chi connectivity index (χ4n) is 5.59. The van der Waals surface area contributed by atoms with E-state index >= 15 is 17.6 Å². The molecule has 0 radical (unpaired) electrons. The molecule has 234 valence electrons. The lowest BCUT2D eigenvalue weighted by molar-refractivity contribution is 0.0696. The molecule has 5 aromatic rings. The largest absolute Gasteiger partial charge is 0.478 e. The summed E-state index contributed by atoms with van der Waals surface area (Å²) in [5.74, 6) is -6.06. The second-order valence-corrected chi connectivity index (χ2v) is 11.7. The Labute approximate surface area is 260 Å². The Morgan fingerprint density at radius 1 is 1.07 bits per heavy atom. The van der Waals surface area contributed by atoms with Crippen LogP contribution in [-0.4, -0.2) is 38.8 Å². The minimum Gasteiger partial charge on any atom is -0.478 e. The van der Waals surface area contributed by atoms with Crippen molar-refractivity contribution in [3.63, 3.8) is 0 Å². The number of aromatic carboxylic acids is 1. The molecule has 0 aliphatic carbocycles. The first-order valence-corrected chi connectivity index (χ1v) is 14.2. The van der Waals surface area contributed by atoms with Gasteiger partial charge in [-0.3, -0.25) is 0 Å². The van der Waals surface area contributed by atoms with Gasteiger partial charge in [0.2, 0.25) is 5.88 Å². The molecule has 3 heterocycles. The summed E-state index contributed by atoms with van der Waals surface area (Å²) >= 11 is 0. The molecule has 1 fully saturated rings. The third-order valence-corrected chi connectivity index (χ3v) is 8.09. The Hall–Kier alpha value is -5.28. The highest BCUT2D eigenvalue weighted by Gasteiger charge is 2.39. The van der Waals surface area contributed by atoms with Crippen LogP contribution in [0.5, 0.6) is 5.88 Å². The third-order valence-electron chi connectivity index (χ3n) is 8.09. The number of carboxylic acids is 1. The number of rotatable bonds is 8. The highest BCUT2D eigenvalue weighted by atomic mass is 19.2. The molecule has 1 N–H and O–H groups in total. The maximum absolute atomic E-state index is 15.7. The second kappa shape index (κ2) is 11.9. The first kappa shape index (κ1) is 30.7.